The lowest BCUT2D eigenvalue weighted by Crippen LogP contribution is -2.08. The number of furan rings is 1. The predicted octanol–water partition coefficient (Wildman–Crippen LogP) is 5.29. The molecule has 0 bridgehead atoms. The van der Waals surface area contributed by atoms with Crippen molar-refractivity contribution in [3.63, 3.8) is 0 Å². The van der Waals surface area contributed by atoms with E-state index in [9.17, 15) is 14.7 Å². The molecule has 136 valence electrons. The van der Waals surface area contributed by atoms with Gasteiger partial charge in [0.25, 0.3) is 0 Å². The zero-order valence-electron chi connectivity index (χ0n) is 15.4. The van der Waals surface area contributed by atoms with Crippen molar-refractivity contribution >= 4 is 33.4 Å². The third-order valence-electron chi connectivity index (χ3n) is 5.14. The fourth-order valence-electron chi connectivity index (χ4n) is 3.98. The highest BCUT2D eigenvalue weighted by atomic mass is 16.3. The summed E-state index contributed by atoms with van der Waals surface area (Å²) in [5, 5.41) is 12.5. The molecule has 0 radical (unpaired) electrons. The zero-order chi connectivity index (χ0) is 19.6. The molecule has 0 amide bonds. The third kappa shape index (κ3) is 2.06. The molecule has 1 aliphatic rings. The van der Waals surface area contributed by atoms with E-state index in [2.05, 4.69) is 0 Å². The van der Waals surface area contributed by atoms with Crippen LogP contribution in [-0.2, 0) is 0 Å². The Morgan fingerprint density at radius 1 is 0.893 bits per heavy atom. The molecule has 0 spiro atoms. The Morgan fingerprint density at radius 2 is 1.54 bits per heavy atom. The van der Waals surface area contributed by atoms with Crippen LogP contribution in [0.2, 0.25) is 0 Å². The van der Waals surface area contributed by atoms with E-state index in [1.807, 2.05) is 19.9 Å². The third-order valence-corrected chi connectivity index (χ3v) is 5.14. The first-order valence-corrected chi connectivity index (χ1v) is 9.02. The number of benzene rings is 2. The molecule has 4 nitrogen and oxygen atoms in total. The number of carbonyl (C=O) groups is 1. The van der Waals surface area contributed by atoms with Crippen LogP contribution in [0, 0.1) is 0 Å². The number of rotatable bonds is 1. The van der Waals surface area contributed by atoms with Crippen LogP contribution < -0.4 is 5.43 Å². The van der Waals surface area contributed by atoms with Crippen LogP contribution in [-0.4, -0.2) is 10.9 Å². The molecule has 0 fully saturated rings. The van der Waals surface area contributed by atoms with Crippen molar-refractivity contribution in [2.24, 2.45) is 0 Å². The summed E-state index contributed by atoms with van der Waals surface area (Å²) < 4.78 is 6.12. The number of aromatic hydroxyl groups is 1. The number of allylic oxidation sites excluding steroid dienone is 1. The maximum Gasteiger partial charge on any atom is 0.198 e. The van der Waals surface area contributed by atoms with Crippen LogP contribution in [0.5, 0.6) is 5.75 Å². The molecule has 0 aliphatic heterocycles. The van der Waals surface area contributed by atoms with E-state index in [0.717, 1.165) is 5.57 Å². The van der Waals surface area contributed by atoms with Crippen LogP contribution in [0.1, 0.15) is 35.5 Å². The zero-order valence-corrected chi connectivity index (χ0v) is 15.4. The molecule has 1 N–H and O–H groups in total. The quantitative estimate of drug-likeness (QED) is 0.437. The monoisotopic (exact) mass is 368 g/mol. The number of ketones is 1. The summed E-state index contributed by atoms with van der Waals surface area (Å²) in [6.45, 7) is 3.83. The summed E-state index contributed by atoms with van der Waals surface area (Å²) in [5.74, 6) is 0.353. The normalized spacial score (nSPS) is 12.3. The van der Waals surface area contributed by atoms with Crippen molar-refractivity contribution in [1.82, 2.24) is 0 Å². The van der Waals surface area contributed by atoms with Crippen molar-refractivity contribution in [3.8, 4) is 17.1 Å². The Hall–Kier alpha value is -3.66. The van der Waals surface area contributed by atoms with Gasteiger partial charge in [0.15, 0.2) is 11.2 Å². The number of carbonyl (C=O) groups excluding carboxylic acids is 1. The molecule has 3 aromatic carbocycles. The lowest BCUT2D eigenvalue weighted by atomic mass is 9.88. The molecular formula is C24H16O4. The van der Waals surface area contributed by atoms with Gasteiger partial charge >= 0.3 is 0 Å². The van der Waals surface area contributed by atoms with Gasteiger partial charge in [0.1, 0.15) is 17.3 Å². The van der Waals surface area contributed by atoms with E-state index in [1.54, 1.807) is 48.5 Å². The summed E-state index contributed by atoms with van der Waals surface area (Å²) in [6.07, 6.45) is 1.79. The minimum atomic E-state index is -0.309. The van der Waals surface area contributed by atoms with E-state index in [-0.39, 0.29) is 22.5 Å². The number of hydrogen-bond donors (Lipinski definition) is 1. The highest BCUT2D eigenvalue weighted by Gasteiger charge is 2.33. The second kappa shape index (κ2) is 5.67. The van der Waals surface area contributed by atoms with Crippen LogP contribution in [0.25, 0.3) is 38.9 Å². The maximum atomic E-state index is 13.5. The molecule has 0 atom stereocenters. The summed E-state index contributed by atoms with van der Waals surface area (Å²) >= 11 is 0. The second-order valence-corrected chi connectivity index (χ2v) is 7.24. The van der Waals surface area contributed by atoms with E-state index in [0.29, 0.717) is 44.2 Å². The summed E-state index contributed by atoms with van der Waals surface area (Å²) in [6, 6.07) is 13.9. The fraction of sp³-hybridized carbons (Fsp3) is 0.0833. The molecule has 1 aromatic heterocycles. The Kier molecular flexibility index (Phi) is 3.34. The Morgan fingerprint density at radius 3 is 2.25 bits per heavy atom. The topological polar surface area (TPSA) is 67.5 Å². The van der Waals surface area contributed by atoms with Crippen molar-refractivity contribution in [3.05, 3.63) is 81.2 Å². The molecule has 28 heavy (non-hydrogen) atoms. The lowest BCUT2D eigenvalue weighted by molar-refractivity contribution is 0.103. The molecular weight excluding hydrogens is 352 g/mol. The Bertz CT molecular complexity index is 1420. The Balaban J connectivity index is 2.17. The van der Waals surface area contributed by atoms with Crippen LogP contribution in [0.4, 0.5) is 0 Å². The van der Waals surface area contributed by atoms with Crippen LogP contribution in [0.3, 0.4) is 0 Å². The minimum absolute atomic E-state index is 0.124. The van der Waals surface area contributed by atoms with Crippen LogP contribution in [0.15, 0.2) is 63.3 Å². The van der Waals surface area contributed by atoms with Crippen LogP contribution >= 0.6 is 0 Å². The number of hydrogen-bond acceptors (Lipinski definition) is 4. The van der Waals surface area contributed by atoms with Gasteiger partial charge in [-0.25, -0.2) is 0 Å². The molecule has 4 aromatic rings. The van der Waals surface area contributed by atoms with Gasteiger partial charge in [-0.2, -0.15) is 0 Å². The van der Waals surface area contributed by atoms with Gasteiger partial charge in [-0.3, -0.25) is 9.59 Å². The first-order chi connectivity index (χ1) is 13.5. The summed E-state index contributed by atoms with van der Waals surface area (Å²) in [5.41, 5.74) is 1.91. The molecule has 0 unspecified atom stereocenters. The maximum absolute atomic E-state index is 13.5. The first-order valence-electron chi connectivity index (χ1n) is 9.02. The van der Waals surface area contributed by atoms with Crippen molar-refractivity contribution in [2.45, 2.75) is 13.8 Å². The van der Waals surface area contributed by atoms with Gasteiger partial charge in [-0.15, -0.1) is 0 Å². The van der Waals surface area contributed by atoms with Gasteiger partial charge in [0, 0.05) is 27.3 Å². The molecule has 1 aliphatic carbocycles. The first kappa shape index (κ1) is 16.5. The minimum Gasteiger partial charge on any atom is -0.506 e. The average molecular weight is 368 g/mol. The second-order valence-electron chi connectivity index (χ2n) is 7.24. The van der Waals surface area contributed by atoms with E-state index < -0.39 is 0 Å². The SMILES string of the molecule is CC(C)=Cc1oc2c3c(c(O)c4ccccc4c(=O)c13)C(=O)c1ccccc1-2. The van der Waals surface area contributed by atoms with Gasteiger partial charge < -0.3 is 9.52 Å². The standard InChI is InChI=1S/C24H16O4/c1-12(2)11-17-18-19-20(22(26)14-8-4-3-7-13(14)21(18)25)23(27)15-9-5-6-10-16(15)24(19)28-17/h3-11,26H,1-2H3. The van der Waals surface area contributed by atoms with Gasteiger partial charge in [0.05, 0.1) is 10.9 Å². The lowest BCUT2D eigenvalue weighted by Gasteiger charge is -2.14. The molecule has 5 rings (SSSR count). The van der Waals surface area contributed by atoms with Crippen molar-refractivity contribution < 1.29 is 14.3 Å². The number of fused-ring (bicyclic) bond motifs is 3. The smallest absolute Gasteiger partial charge is 0.198 e. The van der Waals surface area contributed by atoms with Crippen molar-refractivity contribution in [1.29, 1.82) is 0 Å². The molecule has 1 heterocycles. The fourth-order valence-corrected chi connectivity index (χ4v) is 3.98. The van der Waals surface area contributed by atoms with E-state index >= 15 is 0 Å². The average Bonchev–Trinajstić information content (AvgIpc) is 3.01. The largest absolute Gasteiger partial charge is 0.506 e. The molecule has 0 saturated carbocycles. The summed E-state index contributed by atoms with van der Waals surface area (Å²) in [7, 11) is 0. The van der Waals surface area contributed by atoms with Crippen molar-refractivity contribution in [2.75, 3.05) is 0 Å². The predicted molar refractivity (Wildman–Crippen MR) is 110 cm³/mol. The van der Waals surface area contributed by atoms with Gasteiger partial charge in [-0.1, -0.05) is 54.1 Å². The van der Waals surface area contributed by atoms with E-state index in [1.165, 1.54) is 0 Å². The summed E-state index contributed by atoms with van der Waals surface area (Å²) in [4.78, 5) is 26.8. The highest BCUT2D eigenvalue weighted by Crippen LogP contribution is 2.45. The molecule has 0 saturated heterocycles. The highest BCUT2D eigenvalue weighted by molar-refractivity contribution is 6.28. The molecule has 4 heteroatoms. The Labute approximate surface area is 160 Å². The van der Waals surface area contributed by atoms with Gasteiger partial charge in [0.2, 0.25) is 0 Å². The van der Waals surface area contributed by atoms with E-state index in [4.69, 9.17) is 4.42 Å². The van der Waals surface area contributed by atoms with Gasteiger partial charge in [-0.05, 0) is 19.9 Å².